The largest absolute Gasteiger partial charge is 0.489 e. The van der Waals surface area contributed by atoms with Crippen LogP contribution in [0.1, 0.15) is 18.5 Å². The summed E-state index contributed by atoms with van der Waals surface area (Å²) in [6.07, 6.45) is 5.25. The third-order valence-electron chi connectivity index (χ3n) is 5.38. The smallest absolute Gasteiger partial charge is 0.228 e. The molecule has 3 aromatic rings. The molecule has 31 heavy (non-hydrogen) atoms. The molecule has 1 saturated carbocycles. The number of nitrogens with zero attached hydrogens (tertiary/aromatic N) is 4. The molecule has 4 heterocycles. The fourth-order valence-electron chi connectivity index (χ4n) is 3.55. The Hall–Kier alpha value is -3.48. The average molecular weight is 418 g/mol. The van der Waals surface area contributed by atoms with Gasteiger partial charge in [0, 0.05) is 36.8 Å². The summed E-state index contributed by atoms with van der Waals surface area (Å²) in [5, 5.41) is 19.9. The summed E-state index contributed by atoms with van der Waals surface area (Å²) in [6, 6.07) is 9.47. The minimum Gasteiger partial charge on any atom is -0.489 e. The summed E-state index contributed by atoms with van der Waals surface area (Å²) in [5.74, 6) is 1.25. The molecule has 1 amide bonds. The van der Waals surface area contributed by atoms with Crippen molar-refractivity contribution < 1.29 is 14.3 Å². The van der Waals surface area contributed by atoms with Crippen molar-refractivity contribution in [2.24, 2.45) is 5.92 Å². The maximum Gasteiger partial charge on any atom is 0.228 e. The lowest BCUT2D eigenvalue weighted by molar-refractivity contribution is -0.117. The predicted molar refractivity (Wildman–Crippen MR) is 113 cm³/mol. The monoisotopic (exact) mass is 418 g/mol. The Bertz CT molecular complexity index is 1160. The van der Waals surface area contributed by atoms with Gasteiger partial charge in [-0.05, 0) is 36.6 Å². The third kappa shape index (κ3) is 4.35. The maximum absolute atomic E-state index is 12.0. The molecule has 3 aromatic heterocycles. The Morgan fingerprint density at radius 2 is 2.29 bits per heavy atom. The molecule has 0 unspecified atom stereocenters. The van der Waals surface area contributed by atoms with E-state index < -0.39 is 0 Å². The van der Waals surface area contributed by atoms with Gasteiger partial charge in [0.15, 0.2) is 5.82 Å². The molecule has 2 fully saturated rings. The van der Waals surface area contributed by atoms with E-state index in [0.29, 0.717) is 30.5 Å². The third-order valence-corrected chi connectivity index (χ3v) is 5.38. The lowest BCUT2D eigenvalue weighted by atomic mass is 10.1. The number of anilines is 1. The SMILES string of the molecule is N#Cc1cc(-c2ccn3nc(NC(=O)C4CC4)cc3c2)c(OC[C@@H]2CNCCO2)cn1. The number of amides is 1. The van der Waals surface area contributed by atoms with Gasteiger partial charge in [-0.3, -0.25) is 4.79 Å². The van der Waals surface area contributed by atoms with Crippen LogP contribution in [0.25, 0.3) is 16.6 Å². The summed E-state index contributed by atoms with van der Waals surface area (Å²) >= 11 is 0. The lowest BCUT2D eigenvalue weighted by Gasteiger charge is -2.24. The number of ether oxygens (including phenoxy) is 2. The van der Waals surface area contributed by atoms with Crippen LogP contribution in [0.4, 0.5) is 5.82 Å². The van der Waals surface area contributed by atoms with Gasteiger partial charge in [0.2, 0.25) is 5.91 Å². The van der Waals surface area contributed by atoms with Crippen molar-refractivity contribution in [3.8, 4) is 22.9 Å². The van der Waals surface area contributed by atoms with Crippen LogP contribution in [0.2, 0.25) is 0 Å². The summed E-state index contributed by atoms with van der Waals surface area (Å²) in [6.45, 7) is 2.62. The molecule has 1 aliphatic heterocycles. The van der Waals surface area contributed by atoms with E-state index in [0.717, 1.165) is 42.6 Å². The van der Waals surface area contributed by atoms with E-state index >= 15 is 0 Å². The molecule has 2 N–H and O–H groups in total. The number of hydrogen-bond donors (Lipinski definition) is 2. The van der Waals surface area contributed by atoms with E-state index in [1.807, 2.05) is 24.4 Å². The molecule has 0 aromatic carbocycles. The molecule has 9 nitrogen and oxygen atoms in total. The van der Waals surface area contributed by atoms with Gasteiger partial charge in [-0.2, -0.15) is 10.4 Å². The van der Waals surface area contributed by atoms with Crippen LogP contribution in [0.15, 0.2) is 36.7 Å². The van der Waals surface area contributed by atoms with Gasteiger partial charge in [-0.15, -0.1) is 0 Å². The van der Waals surface area contributed by atoms with Crippen LogP contribution >= 0.6 is 0 Å². The molecule has 9 heteroatoms. The van der Waals surface area contributed by atoms with Crippen LogP contribution in [0.3, 0.4) is 0 Å². The Morgan fingerprint density at radius 1 is 1.39 bits per heavy atom. The van der Waals surface area contributed by atoms with Gasteiger partial charge in [0.05, 0.1) is 18.3 Å². The van der Waals surface area contributed by atoms with Crippen molar-refractivity contribution in [2.75, 3.05) is 31.6 Å². The van der Waals surface area contributed by atoms with Gasteiger partial charge in [-0.25, -0.2) is 9.50 Å². The first kappa shape index (κ1) is 19.5. The number of carbonyl (C=O) groups is 1. The highest BCUT2D eigenvalue weighted by Crippen LogP contribution is 2.32. The first-order chi connectivity index (χ1) is 15.2. The van der Waals surface area contributed by atoms with Crippen molar-refractivity contribution in [3.63, 3.8) is 0 Å². The predicted octanol–water partition coefficient (Wildman–Crippen LogP) is 1.98. The summed E-state index contributed by atoms with van der Waals surface area (Å²) in [7, 11) is 0. The standard InChI is InChI=1S/C22H22N6O3/c23-10-16-8-19(20(12-25-16)31-13-18-11-24-4-6-30-18)15-3-5-28-17(7-15)9-21(27-28)26-22(29)14-1-2-14/h3,5,7-9,12,14,18,24H,1-2,4,6,11,13H2,(H,26,27,29)/t18-/m0/s1. The van der Waals surface area contributed by atoms with Crippen molar-refractivity contribution in [3.05, 3.63) is 42.4 Å². The molecule has 0 spiro atoms. The van der Waals surface area contributed by atoms with Gasteiger partial charge >= 0.3 is 0 Å². The lowest BCUT2D eigenvalue weighted by Crippen LogP contribution is -2.41. The molecule has 1 saturated heterocycles. The molecule has 1 aliphatic carbocycles. The van der Waals surface area contributed by atoms with E-state index in [2.05, 4.69) is 26.8 Å². The first-order valence-electron chi connectivity index (χ1n) is 10.4. The fraction of sp³-hybridized carbons (Fsp3) is 0.364. The second-order valence-corrected chi connectivity index (χ2v) is 7.76. The number of aromatic nitrogens is 3. The normalized spacial score (nSPS) is 18.5. The van der Waals surface area contributed by atoms with Crippen molar-refractivity contribution in [1.29, 1.82) is 5.26 Å². The summed E-state index contributed by atoms with van der Waals surface area (Å²) < 4.78 is 13.4. The number of morpholine rings is 1. The number of hydrogen-bond acceptors (Lipinski definition) is 7. The highest BCUT2D eigenvalue weighted by molar-refractivity contribution is 5.93. The van der Waals surface area contributed by atoms with Crippen LogP contribution in [-0.4, -0.2) is 52.9 Å². The zero-order valence-corrected chi connectivity index (χ0v) is 16.9. The molecular formula is C22H22N6O3. The van der Waals surface area contributed by atoms with Gasteiger partial charge in [-0.1, -0.05) is 0 Å². The summed E-state index contributed by atoms with van der Waals surface area (Å²) in [5.41, 5.74) is 2.76. The quantitative estimate of drug-likeness (QED) is 0.629. The molecule has 2 aliphatic rings. The molecule has 1 atom stereocenters. The van der Waals surface area contributed by atoms with Crippen LogP contribution in [0, 0.1) is 17.2 Å². The number of fused-ring (bicyclic) bond motifs is 1. The molecular weight excluding hydrogens is 396 g/mol. The highest BCUT2D eigenvalue weighted by atomic mass is 16.5. The summed E-state index contributed by atoms with van der Waals surface area (Å²) in [4.78, 5) is 16.2. The first-order valence-corrected chi connectivity index (χ1v) is 10.4. The Kier molecular flexibility index (Phi) is 5.24. The van der Waals surface area contributed by atoms with Crippen molar-refractivity contribution >= 4 is 17.2 Å². The van der Waals surface area contributed by atoms with Gasteiger partial charge in [0.25, 0.3) is 0 Å². The minimum absolute atomic E-state index is 0.0199. The number of rotatable bonds is 6. The minimum atomic E-state index is -0.0350. The fourth-order valence-corrected chi connectivity index (χ4v) is 3.55. The van der Waals surface area contributed by atoms with Crippen molar-refractivity contribution in [2.45, 2.75) is 18.9 Å². The van der Waals surface area contributed by atoms with Gasteiger partial charge < -0.3 is 20.1 Å². The van der Waals surface area contributed by atoms with Crippen molar-refractivity contribution in [1.82, 2.24) is 19.9 Å². The number of nitrogens with one attached hydrogen (secondary N) is 2. The number of carbonyl (C=O) groups excluding carboxylic acids is 1. The van der Waals surface area contributed by atoms with Crippen LogP contribution < -0.4 is 15.4 Å². The Morgan fingerprint density at radius 3 is 3.06 bits per heavy atom. The molecule has 0 bridgehead atoms. The number of nitriles is 1. The van der Waals surface area contributed by atoms with E-state index in [1.165, 1.54) is 0 Å². The maximum atomic E-state index is 12.0. The van der Waals surface area contributed by atoms with E-state index in [-0.39, 0.29) is 17.9 Å². The molecule has 5 rings (SSSR count). The zero-order valence-electron chi connectivity index (χ0n) is 16.9. The van der Waals surface area contributed by atoms with Gasteiger partial charge in [0.1, 0.15) is 30.2 Å². The topological polar surface area (TPSA) is 114 Å². The average Bonchev–Trinajstić information content (AvgIpc) is 3.58. The second kappa shape index (κ2) is 8.34. The Balaban J connectivity index is 1.41. The van der Waals surface area contributed by atoms with E-state index in [9.17, 15) is 10.1 Å². The zero-order chi connectivity index (χ0) is 21.2. The number of pyridine rings is 2. The molecule has 158 valence electrons. The van der Waals surface area contributed by atoms with E-state index in [1.54, 1.807) is 16.8 Å². The van der Waals surface area contributed by atoms with Crippen LogP contribution in [-0.2, 0) is 9.53 Å². The highest BCUT2D eigenvalue weighted by Gasteiger charge is 2.30. The molecule has 0 radical (unpaired) electrons. The van der Waals surface area contributed by atoms with Crippen LogP contribution in [0.5, 0.6) is 5.75 Å². The Labute approximate surface area is 179 Å². The van der Waals surface area contributed by atoms with E-state index in [4.69, 9.17) is 9.47 Å². The second-order valence-electron chi connectivity index (χ2n) is 7.76.